The van der Waals surface area contributed by atoms with E-state index in [0.29, 0.717) is 21.3 Å². The fraction of sp³-hybridized carbons (Fsp3) is 0.394. The highest BCUT2D eigenvalue weighted by Gasteiger charge is 2.35. The number of rotatable bonds is 11. The summed E-state index contributed by atoms with van der Waals surface area (Å²) < 4.78 is 27.4. The van der Waals surface area contributed by atoms with Crippen molar-refractivity contribution in [3.63, 3.8) is 0 Å². The summed E-state index contributed by atoms with van der Waals surface area (Å²) in [5, 5.41) is 3.90. The molecule has 43 heavy (non-hydrogen) atoms. The van der Waals surface area contributed by atoms with E-state index >= 15 is 0 Å². The SMILES string of the molecule is Cc1cccc(C)c1N(CC(=O)N(Cc1c(Cl)cccc1Cl)C(Cc1ccccc1)C(=O)NC1CCCCC1)S(C)(=O)=O. The minimum Gasteiger partial charge on any atom is -0.352 e. The number of sulfonamides is 1. The minimum atomic E-state index is -3.88. The highest BCUT2D eigenvalue weighted by atomic mass is 35.5. The van der Waals surface area contributed by atoms with Crippen LogP contribution in [0, 0.1) is 13.8 Å². The van der Waals surface area contributed by atoms with Gasteiger partial charge in [0.2, 0.25) is 21.8 Å². The van der Waals surface area contributed by atoms with E-state index in [1.807, 2.05) is 62.4 Å². The summed E-state index contributed by atoms with van der Waals surface area (Å²) in [6.07, 6.45) is 6.27. The Labute approximate surface area is 265 Å². The van der Waals surface area contributed by atoms with Crippen molar-refractivity contribution in [2.45, 2.75) is 71.0 Å². The first kappa shape index (κ1) is 32.8. The first-order valence-corrected chi connectivity index (χ1v) is 17.2. The highest BCUT2D eigenvalue weighted by Crippen LogP contribution is 2.30. The summed E-state index contributed by atoms with van der Waals surface area (Å²) in [7, 11) is -3.88. The summed E-state index contributed by atoms with van der Waals surface area (Å²) >= 11 is 13.1. The summed E-state index contributed by atoms with van der Waals surface area (Å²) in [5.74, 6) is -0.825. The van der Waals surface area contributed by atoms with Crippen LogP contribution in [0.25, 0.3) is 0 Å². The molecule has 1 fully saturated rings. The second-order valence-corrected chi connectivity index (χ2v) is 14.0. The summed E-state index contributed by atoms with van der Waals surface area (Å²) in [6, 6.07) is 19.1. The molecule has 230 valence electrons. The van der Waals surface area contributed by atoms with Gasteiger partial charge in [-0.1, -0.05) is 97.1 Å². The average molecular weight is 645 g/mol. The van der Waals surface area contributed by atoms with Crippen molar-refractivity contribution in [2.24, 2.45) is 0 Å². The van der Waals surface area contributed by atoms with Crippen molar-refractivity contribution in [1.29, 1.82) is 0 Å². The maximum absolute atomic E-state index is 14.4. The van der Waals surface area contributed by atoms with Crippen LogP contribution in [0.2, 0.25) is 10.0 Å². The Morgan fingerprint density at radius 3 is 2.05 bits per heavy atom. The smallest absolute Gasteiger partial charge is 0.244 e. The molecule has 0 saturated heterocycles. The number of carbonyl (C=O) groups excluding carboxylic acids is 2. The number of para-hydroxylation sites is 1. The van der Waals surface area contributed by atoms with Gasteiger partial charge in [-0.3, -0.25) is 13.9 Å². The van der Waals surface area contributed by atoms with Gasteiger partial charge in [0.25, 0.3) is 0 Å². The molecule has 3 aromatic carbocycles. The van der Waals surface area contributed by atoms with Crippen molar-refractivity contribution in [2.75, 3.05) is 17.1 Å². The van der Waals surface area contributed by atoms with Crippen molar-refractivity contribution in [3.05, 3.63) is 99.0 Å². The number of amides is 2. The fourth-order valence-corrected chi connectivity index (χ4v) is 7.21. The molecule has 1 atom stereocenters. The first-order valence-electron chi connectivity index (χ1n) is 14.6. The third-order valence-corrected chi connectivity index (χ3v) is 9.80. The lowest BCUT2D eigenvalue weighted by Gasteiger charge is -2.35. The predicted octanol–water partition coefficient (Wildman–Crippen LogP) is 6.47. The van der Waals surface area contributed by atoms with Gasteiger partial charge >= 0.3 is 0 Å². The van der Waals surface area contributed by atoms with Crippen molar-refractivity contribution < 1.29 is 18.0 Å². The van der Waals surface area contributed by atoms with Gasteiger partial charge in [0.05, 0.1) is 11.9 Å². The lowest BCUT2D eigenvalue weighted by Crippen LogP contribution is -2.55. The number of nitrogens with zero attached hydrogens (tertiary/aromatic N) is 2. The van der Waals surface area contributed by atoms with Gasteiger partial charge in [-0.15, -0.1) is 0 Å². The molecule has 7 nitrogen and oxygen atoms in total. The standard InChI is InChI=1S/C33H39Cl2N3O4S/c1-23-12-10-13-24(2)32(23)38(43(3,41)42)22-31(39)37(21-27-28(34)18-11-19-29(27)35)30(20-25-14-6-4-7-15-25)33(40)36-26-16-8-5-9-17-26/h4,6-7,10-15,18-19,26,30H,5,8-9,16-17,20-22H2,1-3H3,(H,36,40). The lowest BCUT2D eigenvalue weighted by molar-refractivity contribution is -0.140. The molecule has 0 spiro atoms. The van der Waals surface area contributed by atoms with Crippen LogP contribution in [-0.4, -0.2) is 50.0 Å². The molecule has 1 aliphatic carbocycles. The molecule has 0 radical (unpaired) electrons. The normalized spacial score (nSPS) is 14.6. The van der Waals surface area contributed by atoms with Gasteiger partial charge < -0.3 is 10.2 Å². The van der Waals surface area contributed by atoms with Crippen molar-refractivity contribution in [3.8, 4) is 0 Å². The molecular formula is C33H39Cl2N3O4S. The minimum absolute atomic E-state index is 0.0162. The Morgan fingerprint density at radius 1 is 0.884 bits per heavy atom. The van der Waals surface area contributed by atoms with E-state index in [1.54, 1.807) is 18.2 Å². The van der Waals surface area contributed by atoms with Gasteiger partial charge in [-0.2, -0.15) is 0 Å². The zero-order valence-electron chi connectivity index (χ0n) is 24.9. The number of hydrogen-bond donors (Lipinski definition) is 1. The van der Waals surface area contributed by atoms with Gasteiger partial charge in [-0.25, -0.2) is 8.42 Å². The topological polar surface area (TPSA) is 86.8 Å². The monoisotopic (exact) mass is 643 g/mol. The molecule has 1 aliphatic rings. The largest absolute Gasteiger partial charge is 0.352 e. The van der Waals surface area contributed by atoms with Crippen LogP contribution in [0.5, 0.6) is 0 Å². The zero-order valence-corrected chi connectivity index (χ0v) is 27.2. The maximum atomic E-state index is 14.4. The van der Waals surface area contributed by atoms with Crippen LogP contribution < -0.4 is 9.62 Å². The summed E-state index contributed by atoms with van der Waals surface area (Å²) in [5.41, 5.74) is 3.23. The third kappa shape index (κ3) is 8.52. The van der Waals surface area contributed by atoms with E-state index in [4.69, 9.17) is 23.2 Å². The number of benzene rings is 3. The van der Waals surface area contributed by atoms with Crippen LogP contribution in [-0.2, 0) is 32.6 Å². The number of halogens is 2. The summed E-state index contributed by atoms with van der Waals surface area (Å²) in [6.45, 7) is 3.05. The van der Waals surface area contributed by atoms with Gasteiger partial charge in [0.1, 0.15) is 12.6 Å². The van der Waals surface area contributed by atoms with Crippen LogP contribution in [0.1, 0.15) is 54.4 Å². The zero-order chi connectivity index (χ0) is 31.1. The Bertz CT molecular complexity index is 1500. The number of carbonyl (C=O) groups is 2. The molecule has 4 rings (SSSR count). The van der Waals surface area contributed by atoms with Crippen LogP contribution >= 0.6 is 23.2 Å². The van der Waals surface area contributed by atoms with Crippen molar-refractivity contribution in [1.82, 2.24) is 10.2 Å². The van der Waals surface area contributed by atoms with E-state index in [2.05, 4.69) is 5.32 Å². The van der Waals surface area contributed by atoms with Crippen LogP contribution in [0.3, 0.4) is 0 Å². The molecule has 0 bridgehead atoms. The van der Waals surface area contributed by atoms with E-state index in [9.17, 15) is 18.0 Å². The van der Waals surface area contributed by atoms with E-state index in [0.717, 1.165) is 59.4 Å². The second-order valence-electron chi connectivity index (χ2n) is 11.3. The number of nitrogens with one attached hydrogen (secondary N) is 1. The van der Waals surface area contributed by atoms with Gasteiger partial charge in [-0.05, 0) is 55.5 Å². The lowest BCUT2D eigenvalue weighted by atomic mass is 9.94. The Balaban J connectivity index is 1.79. The van der Waals surface area contributed by atoms with E-state index < -0.39 is 28.5 Å². The molecule has 3 aromatic rings. The second kappa shape index (κ2) is 14.6. The van der Waals surface area contributed by atoms with E-state index in [-0.39, 0.29) is 24.9 Å². The van der Waals surface area contributed by atoms with Crippen molar-refractivity contribution >= 4 is 50.7 Å². The molecule has 1 saturated carbocycles. The molecule has 1 N–H and O–H groups in total. The van der Waals surface area contributed by atoms with Gasteiger partial charge in [0, 0.05) is 34.6 Å². The number of anilines is 1. The maximum Gasteiger partial charge on any atom is 0.244 e. The number of hydrogen-bond acceptors (Lipinski definition) is 4. The average Bonchev–Trinajstić information content (AvgIpc) is 2.96. The first-order chi connectivity index (χ1) is 20.5. The molecule has 0 aromatic heterocycles. The third-order valence-electron chi connectivity index (χ3n) is 7.98. The quantitative estimate of drug-likeness (QED) is 0.260. The number of aryl methyl sites for hydroxylation is 2. The molecule has 10 heteroatoms. The van der Waals surface area contributed by atoms with Crippen LogP contribution in [0.15, 0.2) is 66.7 Å². The fourth-order valence-electron chi connectivity index (χ4n) is 5.73. The van der Waals surface area contributed by atoms with Gasteiger partial charge in [0.15, 0.2) is 0 Å². The predicted molar refractivity (Wildman–Crippen MR) is 174 cm³/mol. The molecule has 0 heterocycles. The molecular weight excluding hydrogens is 605 g/mol. The Morgan fingerprint density at radius 2 is 1.47 bits per heavy atom. The Kier molecular flexibility index (Phi) is 11.2. The summed E-state index contributed by atoms with van der Waals surface area (Å²) in [4.78, 5) is 29.9. The van der Waals surface area contributed by atoms with Crippen LogP contribution in [0.4, 0.5) is 5.69 Å². The van der Waals surface area contributed by atoms with E-state index in [1.165, 1.54) is 4.90 Å². The molecule has 1 unspecified atom stereocenters. The Hall–Kier alpha value is -3.07. The highest BCUT2D eigenvalue weighted by molar-refractivity contribution is 7.92. The molecule has 0 aliphatic heterocycles. The molecule has 2 amide bonds.